The highest BCUT2D eigenvalue weighted by Gasteiger charge is 2.13. The molecule has 0 bridgehead atoms. The molecule has 0 aliphatic rings. The van der Waals surface area contributed by atoms with E-state index in [4.69, 9.17) is 4.74 Å². The van der Waals surface area contributed by atoms with Gasteiger partial charge in [0, 0.05) is 11.1 Å². The maximum atomic E-state index is 9.39. The molecule has 25 heavy (non-hydrogen) atoms. The molecule has 1 aromatic heterocycles. The Balaban J connectivity index is 1.96. The van der Waals surface area contributed by atoms with Crippen LogP contribution in [0.2, 0.25) is 0 Å². The average molecular weight is 349 g/mol. The summed E-state index contributed by atoms with van der Waals surface area (Å²) in [7, 11) is 0. The van der Waals surface area contributed by atoms with Crippen molar-refractivity contribution in [1.82, 2.24) is 10.2 Å². The van der Waals surface area contributed by atoms with Crippen LogP contribution in [0.15, 0.2) is 42.5 Å². The molecule has 0 saturated carbocycles. The fourth-order valence-corrected chi connectivity index (χ4v) is 3.49. The predicted molar refractivity (Wildman–Crippen MR) is 101 cm³/mol. The van der Waals surface area contributed by atoms with E-state index in [0.717, 1.165) is 27.6 Å². The van der Waals surface area contributed by atoms with E-state index in [-0.39, 0.29) is 6.10 Å². The van der Waals surface area contributed by atoms with Gasteiger partial charge >= 0.3 is 0 Å². The summed E-state index contributed by atoms with van der Waals surface area (Å²) in [5.74, 6) is 0.599. The summed E-state index contributed by atoms with van der Waals surface area (Å²) in [4.78, 5) is 0. The van der Waals surface area contributed by atoms with Crippen LogP contribution in [0.25, 0.3) is 21.1 Å². The SMILES string of the molecule is CCc1ccccc1-c1nnc(-c2ccc(OC(C)C)c(C#N)c2)s1. The number of benzene rings is 2. The first-order chi connectivity index (χ1) is 12.1. The molecular formula is C20H19N3OS. The Kier molecular flexibility index (Phi) is 5.11. The normalized spacial score (nSPS) is 10.7. The molecule has 1 heterocycles. The summed E-state index contributed by atoms with van der Waals surface area (Å²) < 4.78 is 5.68. The zero-order valence-electron chi connectivity index (χ0n) is 14.5. The molecule has 2 aromatic carbocycles. The van der Waals surface area contributed by atoms with Crippen molar-refractivity contribution in [2.45, 2.75) is 33.3 Å². The smallest absolute Gasteiger partial charge is 0.148 e. The van der Waals surface area contributed by atoms with Crippen LogP contribution < -0.4 is 4.74 Å². The summed E-state index contributed by atoms with van der Waals surface area (Å²) in [5.41, 5.74) is 3.76. The van der Waals surface area contributed by atoms with Gasteiger partial charge in [-0.05, 0) is 44.0 Å². The van der Waals surface area contributed by atoms with Crippen molar-refractivity contribution >= 4 is 11.3 Å². The Morgan fingerprint density at radius 1 is 1.12 bits per heavy atom. The fraction of sp³-hybridized carbons (Fsp3) is 0.250. The number of nitrogens with zero attached hydrogens (tertiary/aromatic N) is 3. The van der Waals surface area contributed by atoms with Gasteiger partial charge in [0.25, 0.3) is 0 Å². The summed E-state index contributed by atoms with van der Waals surface area (Å²) in [6, 6.07) is 16.0. The minimum Gasteiger partial charge on any atom is -0.490 e. The largest absolute Gasteiger partial charge is 0.490 e. The standard InChI is InChI=1S/C20H19N3OS/c1-4-14-7-5-6-8-17(14)20-23-22-19(25-20)15-9-10-18(24-13(2)3)16(11-15)12-21/h5-11,13H,4H2,1-3H3. The Hall–Kier alpha value is -2.71. The molecule has 0 amide bonds. The molecule has 5 heteroatoms. The van der Waals surface area contributed by atoms with Crippen molar-refractivity contribution in [3.05, 3.63) is 53.6 Å². The average Bonchev–Trinajstić information content (AvgIpc) is 3.11. The number of hydrogen-bond donors (Lipinski definition) is 0. The third kappa shape index (κ3) is 3.70. The van der Waals surface area contributed by atoms with Crippen molar-refractivity contribution in [2.75, 3.05) is 0 Å². The molecule has 3 rings (SSSR count). The van der Waals surface area contributed by atoms with Crippen LogP contribution in [0.3, 0.4) is 0 Å². The third-order valence-electron chi connectivity index (χ3n) is 3.76. The molecule has 0 radical (unpaired) electrons. The highest BCUT2D eigenvalue weighted by atomic mass is 32.1. The summed E-state index contributed by atoms with van der Waals surface area (Å²) in [6.45, 7) is 6.02. The lowest BCUT2D eigenvalue weighted by Crippen LogP contribution is -2.06. The topological polar surface area (TPSA) is 58.8 Å². The van der Waals surface area contributed by atoms with Crippen LogP contribution >= 0.6 is 11.3 Å². The van der Waals surface area contributed by atoms with Crippen LogP contribution in [0.4, 0.5) is 0 Å². The lowest BCUT2D eigenvalue weighted by atomic mass is 10.1. The number of nitriles is 1. The highest BCUT2D eigenvalue weighted by molar-refractivity contribution is 7.17. The van der Waals surface area contributed by atoms with Gasteiger partial charge in [0.1, 0.15) is 21.8 Å². The summed E-state index contributed by atoms with van der Waals surface area (Å²) in [6.07, 6.45) is 0.974. The Morgan fingerprint density at radius 3 is 2.60 bits per heavy atom. The first-order valence-corrected chi connectivity index (χ1v) is 9.07. The molecule has 4 nitrogen and oxygen atoms in total. The Labute approximate surface area is 151 Å². The van der Waals surface area contributed by atoms with Gasteiger partial charge in [-0.15, -0.1) is 10.2 Å². The Morgan fingerprint density at radius 2 is 1.88 bits per heavy atom. The molecular weight excluding hydrogens is 330 g/mol. The van der Waals surface area contributed by atoms with E-state index in [0.29, 0.717) is 11.3 Å². The van der Waals surface area contributed by atoms with E-state index >= 15 is 0 Å². The minimum atomic E-state index is 0.0247. The van der Waals surface area contributed by atoms with Crippen LogP contribution in [0.5, 0.6) is 5.75 Å². The Bertz CT molecular complexity index is 925. The quantitative estimate of drug-likeness (QED) is 0.643. The second kappa shape index (κ2) is 7.45. The van der Waals surface area contributed by atoms with Gasteiger partial charge in [-0.3, -0.25) is 0 Å². The lowest BCUT2D eigenvalue weighted by molar-refractivity contribution is 0.242. The number of rotatable bonds is 5. The number of hydrogen-bond acceptors (Lipinski definition) is 5. The van der Waals surface area contributed by atoms with Crippen molar-refractivity contribution in [1.29, 1.82) is 5.26 Å². The van der Waals surface area contributed by atoms with Gasteiger partial charge in [-0.2, -0.15) is 5.26 Å². The fourth-order valence-electron chi connectivity index (χ4n) is 2.59. The first-order valence-electron chi connectivity index (χ1n) is 8.25. The molecule has 0 aliphatic heterocycles. The molecule has 0 N–H and O–H groups in total. The first kappa shape index (κ1) is 17.1. The summed E-state index contributed by atoms with van der Waals surface area (Å²) in [5, 5.41) is 19.8. The van der Waals surface area contributed by atoms with Crippen molar-refractivity contribution < 1.29 is 4.74 Å². The zero-order valence-corrected chi connectivity index (χ0v) is 15.3. The van der Waals surface area contributed by atoms with E-state index in [2.05, 4.69) is 35.3 Å². The predicted octanol–water partition coefficient (Wildman–Crippen LogP) is 5.09. The van der Waals surface area contributed by atoms with Crippen LogP contribution in [-0.2, 0) is 6.42 Å². The van der Waals surface area contributed by atoms with E-state index in [1.807, 2.05) is 44.2 Å². The number of aryl methyl sites for hydroxylation is 1. The van der Waals surface area contributed by atoms with E-state index in [1.165, 1.54) is 16.9 Å². The molecule has 0 spiro atoms. The zero-order chi connectivity index (χ0) is 17.8. The van der Waals surface area contributed by atoms with Gasteiger partial charge in [-0.1, -0.05) is 42.5 Å². The van der Waals surface area contributed by atoms with Crippen molar-refractivity contribution in [3.63, 3.8) is 0 Å². The van der Waals surface area contributed by atoms with E-state index < -0.39 is 0 Å². The number of ether oxygens (including phenoxy) is 1. The van der Waals surface area contributed by atoms with Gasteiger partial charge in [-0.25, -0.2) is 0 Å². The van der Waals surface area contributed by atoms with Crippen molar-refractivity contribution in [2.24, 2.45) is 0 Å². The molecule has 0 saturated heterocycles. The van der Waals surface area contributed by atoms with Crippen LogP contribution in [-0.4, -0.2) is 16.3 Å². The van der Waals surface area contributed by atoms with E-state index in [9.17, 15) is 5.26 Å². The molecule has 3 aromatic rings. The number of aromatic nitrogens is 2. The van der Waals surface area contributed by atoms with Gasteiger partial charge in [0.15, 0.2) is 0 Å². The second-order valence-corrected chi connectivity index (χ2v) is 6.89. The second-order valence-electron chi connectivity index (χ2n) is 5.91. The molecule has 0 atom stereocenters. The highest BCUT2D eigenvalue weighted by Crippen LogP contribution is 2.33. The van der Waals surface area contributed by atoms with Gasteiger partial charge < -0.3 is 4.74 Å². The van der Waals surface area contributed by atoms with Crippen LogP contribution in [0.1, 0.15) is 31.9 Å². The monoisotopic (exact) mass is 349 g/mol. The minimum absolute atomic E-state index is 0.0247. The summed E-state index contributed by atoms with van der Waals surface area (Å²) >= 11 is 1.54. The molecule has 0 fully saturated rings. The van der Waals surface area contributed by atoms with Crippen molar-refractivity contribution in [3.8, 4) is 33.0 Å². The molecule has 126 valence electrons. The van der Waals surface area contributed by atoms with E-state index in [1.54, 1.807) is 0 Å². The third-order valence-corrected chi connectivity index (χ3v) is 4.77. The molecule has 0 unspecified atom stereocenters. The molecule has 0 aliphatic carbocycles. The maximum Gasteiger partial charge on any atom is 0.148 e. The van der Waals surface area contributed by atoms with Gasteiger partial charge in [0.05, 0.1) is 11.7 Å². The maximum absolute atomic E-state index is 9.39. The lowest BCUT2D eigenvalue weighted by Gasteiger charge is -2.11. The van der Waals surface area contributed by atoms with Crippen LogP contribution in [0, 0.1) is 11.3 Å². The van der Waals surface area contributed by atoms with Gasteiger partial charge in [0.2, 0.25) is 0 Å².